The predicted octanol–water partition coefficient (Wildman–Crippen LogP) is 3.07. The zero-order chi connectivity index (χ0) is 9.84. The standard InChI is InChI=1S/C10H13F2N.ClH/c1-7-4-2-3-5-8(7)9(13)6-10(11)12;/h2-5,9-10H,6,13H2,1H3;1H/t9-;/m1./s1. The van der Waals surface area contributed by atoms with Crippen molar-refractivity contribution >= 4 is 12.4 Å². The molecular formula is C10H14ClF2N. The van der Waals surface area contributed by atoms with Crippen molar-refractivity contribution in [1.82, 2.24) is 0 Å². The Morgan fingerprint density at radius 3 is 2.36 bits per heavy atom. The Morgan fingerprint density at radius 2 is 1.86 bits per heavy atom. The largest absolute Gasteiger partial charge is 0.324 e. The third kappa shape index (κ3) is 3.60. The molecule has 80 valence electrons. The summed E-state index contributed by atoms with van der Waals surface area (Å²) in [5.74, 6) is 0. The highest BCUT2D eigenvalue weighted by Gasteiger charge is 2.13. The molecule has 0 aromatic heterocycles. The van der Waals surface area contributed by atoms with E-state index >= 15 is 0 Å². The smallest absolute Gasteiger partial charge is 0.240 e. The zero-order valence-electron chi connectivity index (χ0n) is 7.91. The van der Waals surface area contributed by atoms with Gasteiger partial charge in [-0.3, -0.25) is 0 Å². The molecule has 0 aliphatic rings. The first-order valence-electron chi connectivity index (χ1n) is 4.20. The predicted molar refractivity (Wildman–Crippen MR) is 56.0 cm³/mol. The van der Waals surface area contributed by atoms with Gasteiger partial charge >= 0.3 is 0 Å². The van der Waals surface area contributed by atoms with Crippen LogP contribution >= 0.6 is 12.4 Å². The van der Waals surface area contributed by atoms with Crippen molar-refractivity contribution in [2.75, 3.05) is 0 Å². The molecule has 0 spiro atoms. The van der Waals surface area contributed by atoms with Crippen LogP contribution in [0.3, 0.4) is 0 Å². The molecule has 0 aliphatic heterocycles. The molecule has 14 heavy (non-hydrogen) atoms. The molecule has 2 N–H and O–H groups in total. The third-order valence-corrected chi connectivity index (χ3v) is 2.02. The first-order valence-corrected chi connectivity index (χ1v) is 4.20. The molecule has 1 aromatic carbocycles. The molecule has 1 aromatic rings. The van der Waals surface area contributed by atoms with E-state index in [-0.39, 0.29) is 18.8 Å². The van der Waals surface area contributed by atoms with Crippen molar-refractivity contribution in [1.29, 1.82) is 0 Å². The molecule has 0 amide bonds. The van der Waals surface area contributed by atoms with E-state index in [1.807, 2.05) is 25.1 Å². The van der Waals surface area contributed by atoms with Crippen LogP contribution < -0.4 is 5.73 Å². The van der Waals surface area contributed by atoms with Gasteiger partial charge < -0.3 is 5.73 Å². The second-order valence-corrected chi connectivity index (χ2v) is 3.09. The molecule has 4 heteroatoms. The SMILES string of the molecule is Cc1ccccc1[C@H](N)CC(F)F.Cl. The maximum absolute atomic E-state index is 12.0. The van der Waals surface area contributed by atoms with E-state index in [4.69, 9.17) is 5.73 Å². The topological polar surface area (TPSA) is 26.0 Å². The fourth-order valence-electron chi connectivity index (χ4n) is 1.32. The van der Waals surface area contributed by atoms with Gasteiger partial charge in [-0.25, -0.2) is 8.78 Å². The third-order valence-electron chi connectivity index (χ3n) is 2.02. The van der Waals surface area contributed by atoms with E-state index in [2.05, 4.69) is 0 Å². The van der Waals surface area contributed by atoms with Crippen LogP contribution in [0.25, 0.3) is 0 Å². The Morgan fingerprint density at radius 1 is 1.29 bits per heavy atom. The first kappa shape index (κ1) is 13.3. The Balaban J connectivity index is 0.00000169. The highest BCUT2D eigenvalue weighted by atomic mass is 35.5. The van der Waals surface area contributed by atoms with E-state index in [0.29, 0.717) is 0 Å². The molecule has 0 bridgehead atoms. The fourth-order valence-corrected chi connectivity index (χ4v) is 1.32. The minimum Gasteiger partial charge on any atom is -0.324 e. The molecule has 0 saturated heterocycles. The second kappa shape index (κ2) is 5.94. The van der Waals surface area contributed by atoms with Gasteiger partial charge in [0.25, 0.3) is 0 Å². The number of hydrogen-bond acceptors (Lipinski definition) is 1. The van der Waals surface area contributed by atoms with Crippen molar-refractivity contribution in [3.05, 3.63) is 35.4 Å². The number of aryl methyl sites for hydroxylation is 1. The van der Waals surface area contributed by atoms with Gasteiger partial charge in [-0.15, -0.1) is 12.4 Å². The summed E-state index contributed by atoms with van der Waals surface area (Å²) in [4.78, 5) is 0. The number of hydrogen-bond donors (Lipinski definition) is 1. The van der Waals surface area contributed by atoms with Crippen molar-refractivity contribution in [2.45, 2.75) is 25.8 Å². The zero-order valence-corrected chi connectivity index (χ0v) is 8.73. The highest BCUT2D eigenvalue weighted by Crippen LogP contribution is 2.20. The Bertz CT molecular complexity index is 279. The summed E-state index contributed by atoms with van der Waals surface area (Å²) in [6, 6.07) is 6.80. The quantitative estimate of drug-likeness (QED) is 0.834. The molecule has 0 radical (unpaired) electrons. The lowest BCUT2D eigenvalue weighted by Crippen LogP contribution is -2.14. The molecule has 1 nitrogen and oxygen atoms in total. The lowest BCUT2D eigenvalue weighted by Gasteiger charge is -2.13. The molecular weight excluding hydrogens is 208 g/mol. The van der Waals surface area contributed by atoms with Gasteiger partial charge in [-0.1, -0.05) is 24.3 Å². The summed E-state index contributed by atoms with van der Waals surface area (Å²) in [5.41, 5.74) is 7.39. The maximum atomic E-state index is 12.0. The van der Waals surface area contributed by atoms with Crippen LogP contribution in [0, 0.1) is 6.92 Å². The van der Waals surface area contributed by atoms with Gasteiger partial charge in [0, 0.05) is 12.5 Å². The summed E-state index contributed by atoms with van der Waals surface area (Å²) >= 11 is 0. The lowest BCUT2D eigenvalue weighted by atomic mass is 10.00. The monoisotopic (exact) mass is 221 g/mol. The van der Waals surface area contributed by atoms with Crippen LogP contribution in [0.15, 0.2) is 24.3 Å². The van der Waals surface area contributed by atoms with E-state index in [0.717, 1.165) is 11.1 Å². The molecule has 1 rings (SSSR count). The number of benzene rings is 1. The molecule has 0 saturated carbocycles. The summed E-state index contributed by atoms with van der Waals surface area (Å²) < 4.78 is 24.0. The van der Waals surface area contributed by atoms with Crippen molar-refractivity contribution in [3.63, 3.8) is 0 Å². The summed E-state index contributed by atoms with van der Waals surface area (Å²) in [5, 5.41) is 0. The lowest BCUT2D eigenvalue weighted by molar-refractivity contribution is 0.128. The Kier molecular flexibility index (Phi) is 5.65. The Labute approximate surface area is 88.7 Å². The van der Waals surface area contributed by atoms with E-state index in [1.165, 1.54) is 0 Å². The molecule has 1 atom stereocenters. The van der Waals surface area contributed by atoms with Crippen LogP contribution in [-0.4, -0.2) is 6.43 Å². The van der Waals surface area contributed by atoms with Crippen LogP contribution in [0.4, 0.5) is 8.78 Å². The summed E-state index contributed by atoms with van der Waals surface area (Å²) in [6.07, 6.45) is -2.61. The highest BCUT2D eigenvalue weighted by molar-refractivity contribution is 5.85. The first-order chi connectivity index (χ1) is 6.11. The molecule has 0 fully saturated rings. The van der Waals surface area contributed by atoms with Crippen LogP contribution in [-0.2, 0) is 0 Å². The van der Waals surface area contributed by atoms with Gasteiger partial charge in [0.05, 0.1) is 0 Å². The number of rotatable bonds is 3. The minimum absolute atomic E-state index is 0. The maximum Gasteiger partial charge on any atom is 0.240 e. The summed E-state index contributed by atoms with van der Waals surface area (Å²) in [6.45, 7) is 1.88. The van der Waals surface area contributed by atoms with Gasteiger partial charge in [0.2, 0.25) is 6.43 Å². The van der Waals surface area contributed by atoms with Crippen molar-refractivity contribution < 1.29 is 8.78 Å². The normalized spacial score (nSPS) is 12.4. The number of alkyl halides is 2. The van der Waals surface area contributed by atoms with Gasteiger partial charge in [0.1, 0.15) is 0 Å². The van der Waals surface area contributed by atoms with Crippen LogP contribution in [0.2, 0.25) is 0 Å². The minimum atomic E-state index is -2.34. The number of halogens is 3. The van der Waals surface area contributed by atoms with Crippen LogP contribution in [0.1, 0.15) is 23.6 Å². The van der Waals surface area contributed by atoms with Crippen molar-refractivity contribution in [2.24, 2.45) is 5.73 Å². The molecule has 0 unspecified atom stereocenters. The second-order valence-electron chi connectivity index (χ2n) is 3.09. The van der Waals surface area contributed by atoms with Crippen molar-refractivity contribution in [3.8, 4) is 0 Å². The number of nitrogens with two attached hydrogens (primary N) is 1. The van der Waals surface area contributed by atoms with E-state index in [9.17, 15) is 8.78 Å². The van der Waals surface area contributed by atoms with E-state index in [1.54, 1.807) is 6.07 Å². The van der Waals surface area contributed by atoms with Gasteiger partial charge in [-0.2, -0.15) is 0 Å². The fraction of sp³-hybridized carbons (Fsp3) is 0.400. The molecule has 0 heterocycles. The van der Waals surface area contributed by atoms with Crippen LogP contribution in [0.5, 0.6) is 0 Å². The Hall–Kier alpha value is -0.670. The summed E-state index contributed by atoms with van der Waals surface area (Å²) in [7, 11) is 0. The molecule has 0 aliphatic carbocycles. The average Bonchev–Trinajstić information content (AvgIpc) is 2.03. The van der Waals surface area contributed by atoms with E-state index < -0.39 is 12.5 Å². The van der Waals surface area contributed by atoms with Gasteiger partial charge in [-0.05, 0) is 18.1 Å². The van der Waals surface area contributed by atoms with Gasteiger partial charge in [0.15, 0.2) is 0 Å². The average molecular weight is 222 g/mol.